The number of carbonyl (C=O) groups excluding carboxylic acids is 1. The number of aliphatic hydroxyl groups is 1. The molecule has 1 aliphatic carbocycles. The van der Waals surface area contributed by atoms with Crippen molar-refractivity contribution in [2.24, 2.45) is 0 Å². The topological polar surface area (TPSA) is 66.8 Å². The van der Waals surface area contributed by atoms with Gasteiger partial charge in [0, 0.05) is 21.8 Å². The Morgan fingerprint density at radius 1 is 1.19 bits per heavy atom. The molecule has 0 aromatic heterocycles. The van der Waals surface area contributed by atoms with Gasteiger partial charge in [0.15, 0.2) is 5.78 Å². The molecule has 2 N–H and O–H groups in total. The molecule has 2 aromatic carbocycles. The van der Waals surface area contributed by atoms with Gasteiger partial charge in [0.25, 0.3) is 0 Å². The van der Waals surface area contributed by atoms with Gasteiger partial charge in [0.05, 0.1) is 7.11 Å². The van der Waals surface area contributed by atoms with Gasteiger partial charge >= 0.3 is 0 Å². The summed E-state index contributed by atoms with van der Waals surface area (Å²) < 4.78 is 5.31. The van der Waals surface area contributed by atoms with Crippen molar-refractivity contribution in [3.8, 4) is 11.5 Å². The van der Waals surface area contributed by atoms with E-state index < -0.39 is 11.5 Å². The average Bonchev–Trinajstić information content (AvgIpc) is 2.60. The summed E-state index contributed by atoms with van der Waals surface area (Å²) in [4.78, 5) is 12.4. The zero-order valence-electron chi connectivity index (χ0n) is 12.5. The van der Waals surface area contributed by atoms with Gasteiger partial charge in [-0.05, 0) is 36.2 Å². The first kappa shape index (κ1) is 13.9. The van der Waals surface area contributed by atoms with E-state index in [0.717, 1.165) is 5.56 Å². The van der Waals surface area contributed by atoms with Gasteiger partial charge in [-0.1, -0.05) is 13.8 Å². The molecule has 0 saturated carbocycles. The first-order valence-electron chi connectivity index (χ1n) is 6.86. The smallest absolute Gasteiger partial charge is 0.193 e. The number of Topliss-reactive ketones (excluding diaryl/α,β-unsaturated/α-hetero) is 1. The highest BCUT2D eigenvalue weighted by atomic mass is 16.5. The van der Waals surface area contributed by atoms with Crippen LogP contribution in [0.2, 0.25) is 0 Å². The molecule has 110 valence electrons. The quantitative estimate of drug-likeness (QED) is 0.846. The monoisotopic (exact) mass is 286 g/mol. The molecule has 2 aromatic rings. The lowest BCUT2D eigenvalue weighted by Gasteiger charge is -2.22. The summed E-state index contributed by atoms with van der Waals surface area (Å²) in [7, 11) is 1.57. The van der Waals surface area contributed by atoms with E-state index in [4.69, 9.17) is 4.74 Å². The molecule has 0 amide bonds. The van der Waals surface area contributed by atoms with Gasteiger partial charge in [-0.15, -0.1) is 0 Å². The van der Waals surface area contributed by atoms with Crippen molar-refractivity contribution in [3.63, 3.8) is 0 Å². The predicted molar refractivity (Wildman–Crippen MR) is 80.3 cm³/mol. The van der Waals surface area contributed by atoms with Crippen molar-refractivity contribution in [1.29, 1.82) is 0 Å². The number of methoxy groups -OCH3 is 1. The van der Waals surface area contributed by atoms with E-state index in [-0.39, 0.29) is 11.5 Å². The molecule has 4 heteroatoms. The number of hydrogen-bond acceptors (Lipinski definition) is 4. The zero-order chi connectivity index (χ0) is 15.5. The van der Waals surface area contributed by atoms with Crippen LogP contribution in [0.4, 0.5) is 0 Å². The normalized spacial score (nSPS) is 19.9. The summed E-state index contributed by atoms with van der Waals surface area (Å²) >= 11 is 0. The summed E-state index contributed by atoms with van der Waals surface area (Å²) in [5.41, 5.74) is 1.33. The maximum absolute atomic E-state index is 12.4. The second kappa shape index (κ2) is 4.21. The number of aliphatic hydroxyl groups excluding tert-OH is 1. The Labute approximate surface area is 123 Å². The molecule has 3 rings (SSSR count). The third-order valence-corrected chi connectivity index (χ3v) is 4.50. The van der Waals surface area contributed by atoms with Crippen LogP contribution >= 0.6 is 0 Å². The lowest BCUT2D eigenvalue weighted by atomic mass is 9.83. The number of ether oxygens (including phenoxy) is 1. The number of ketones is 1. The van der Waals surface area contributed by atoms with Crippen LogP contribution in [0.3, 0.4) is 0 Å². The minimum atomic E-state index is -1.09. The van der Waals surface area contributed by atoms with Gasteiger partial charge in [0.2, 0.25) is 0 Å². The largest absolute Gasteiger partial charge is 0.507 e. The van der Waals surface area contributed by atoms with E-state index in [9.17, 15) is 15.0 Å². The molecule has 4 nitrogen and oxygen atoms in total. The molecule has 0 radical (unpaired) electrons. The Balaban J connectivity index is 2.47. The van der Waals surface area contributed by atoms with Crippen LogP contribution in [-0.4, -0.2) is 29.2 Å². The van der Waals surface area contributed by atoms with Crippen molar-refractivity contribution in [3.05, 3.63) is 34.9 Å². The molecule has 0 aliphatic heterocycles. The molecule has 21 heavy (non-hydrogen) atoms. The molecule has 0 saturated heterocycles. The maximum Gasteiger partial charge on any atom is 0.193 e. The second-order valence-electron chi connectivity index (χ2n) is 6.17. The number of hydrogen-bond donors (Lipinski definition) is 2. The number of rotatable bonds is 1. The number of aryl methyl sites for hydroxylation is 1. The molecule has 1 aliphatic rings. The van der Waals surface area contributed by atoms with Crippen LogP contribution in [0.15, 0.2) is 18.2 Å². The van der Waals surface area contributed by atoms with Crippen molar-refractivity contribution < 1.29 is 19.7 Å². The minimum Gasteiger partial charge on any atom is -0.507 e. The molecule has 0 spiro atoms. The van der Waals surface area contributed by atoms with Crippen molar-refractivity contribution >= 4 is 16.6 Å². The van der Waals surface area contributed by atoms with Crippen molar-refractivity contribution in [1.82, 2.24) is 0 Å². The molecule has 0 fully saturated rings. The molecule has 1 atom stereocenters. The van der Waals surface area contributed by atoms with E-state index >= 15 is 0 Å². The van der Waals surface area contributed by atoms with Crippen LogP contribution in [0, 0.1) is 6.92 Å². The molecule has 0 bridgehead atoms. The third kappa shape index (κ3) is 1.69. The Morgan fingerprint density at radius 2 is 1.86 bits per heavy atom. The lowest BCUT2D eigenvalue weighted by Crippen LogP contribution is -2.32. The van der Waals surface area contributed by atoms with Gasteiger partial charge < -0.3 is 14.9 Å². The van der Waals surface area contributed by atoms with Crippen LogP contribution in [0.1, 0.15) is 35.3 Å². The van der Waals surface area contributed by atoms with E-state index in [0.29, 0.717) is 27.6 Å². The molecule has 0 unspecified atom stereocenters. The number of benzene rings is 2. The number of carbonyl (C=O) groups is 1. The van der Waals surface area contributed by atoms with E-state index in [2.05, 4.69) is 0 Å². The third-order valence-electron chi connectivity index (χ3n) is 4.50. The Hall–Kier alpha value is -2.07. The van der Waals surface area contributed by atoms with Gasteiger partial charge in [-0.3, -0.25) is 4.79 Å². The number of phenols is 1. The maximum atomic E-state index is 12.4. The summed E-state index contributed by atoms with van der Waals surface area (Å²) in [6.07, 6.45) is -1.09. The standard InChI is InChI=1S/C17H18O4/c1-8-5-9-10(6-13(8)21-4)14-11(7-12(9)18)17(2,3)16(20)15(14)19/h5-7,16,18,20H,1-4H3/t16-/m0/s1. The van der Waals surface area contributed by atoms with Crippen LogP contribution in [0.5, 0.6) is 11.5 Å². The number of phenolic OH excluding ortho intramolecular Hbond substituents is 1. The minimum absolute atomic E-state index is 0.115. The highest BCUT2D eigenvalue weighted by molar-refractivity contribution is 6.16. The first-order valence-corrected chi connectivity index (χ1v) is 6.86. The first-order chi connectivity index (χ1) is 9.78. The Bertz CT molecular complexity index is 774. The fraction of sp³-hybridized carbons (Fsp3) is 0.353. The fourth-order valence-corrected chi connectivity index (χ4v) is 3.14. The molecular weight excluding hydrogens is 268 g/mol. The van der Waals surface area contributed by atoms with Crippen molar-refractivity contribution in [2.45, 2.75) is 32.3 Å². The van der Waals surface area contributed by atoms with E-state index in [1.165, 1.54) is 0 Å². The predicted octanol–water partition coefficient (Wildman–Crippen LogP) is 2.70. The SMILES string of the molecule is COc1cc2c3c(cc(O)c2cc1C)C(C)(C)[C@@H](O)C3=O. The summed E-state index contributed by atoms with van der Waals surface area (Å²) in [5, 5.41) is 21.7. The number of aromatic hydroxyl groups is 1. The lowest BCUT2D eigenvalue weighted by molar-refractivity contribution is 0.0644. The van der Waals surface area contributed by atoms with Crippen LogP contribution in [0.25, 0.3) is 10.8 Å². The Kier molecular flexibility index (Phi) is 2.79. The van der Waals surface area contributed by atoms with Crippen LogP contribution in [-0.2, 0) is 5.41 Å². The van der Waals surface area contributed by atoms with E-state index in [1.54, 1.807) is 39.2 Å². The zero-order valence-corrected chi connectivity index (χ0v) is 12.5. The summed E-state index contributed by atoms with van der Waals surface area (Å²) in [6, 6.07) is 5.15. The second-order valence-corrected chi connectivity index (χ2v) is 6.17. The molecule has 0 heterocycles. The highest BCUT2D eigenvalue weighted by Crippen LogP contribution is 2.45. The number of fused-ring (bicyclic) bond motifs is 3. The average molecular weight is 286 g/mol. The summed E-state index contributed by atoms with van der Waals surface area (Å²) in [5.74, 6) is 0.470. The van der Waals surface area contributed by atoms with Crippen molar-refractivity contribution in [2.75, 3.05) is 7.11 Å². The molecular formula is C17H18O4. The van der Waals surface area contributed by atoms with Gasteiger partial charge in [-0.2, -0.15) is 0 Å². The highest BCUT2D eigenvalue weighted by Gasteiger charge is 2.46. The Morgan fingerprint density at radius 3 is 2.48 bits per heavy atom. The van der Waals surface area contributed by atoms with Gasteiger partial charge in [-0.25, -0.2) is 0 Å². The van der Waals surface area contributed by atoms with Gasteiger partial charge in [0.1, 0.15) is 17.6 Å². The van der Waals surface area contributed by atoms with Crippen LogP contribution < -0.4 is 4.74 Å². The summed E-state index contributed by atoms with van der Waals surface area (Å²) in [6.45, 7) is 5.49. The fourth-order valence-electron chi connectivity index (χ4n) is 3.14. The van der Waals surface area contributed by atoms with E-state index in [1.807, 2.05) is 6.92 Å².